The SMILES string of the molecule is CC1CCC(n2c(NC(=O)c3cccc(F)c3)nc3cnc(OCCN4CCC(C(C)(C)O)CC4)cc32)CC1.O=CN1CC(F)(F)C1. The molecule has 1 saturated carbocycles. The summed E-state index contributed by atoms with van der Waals surface area (Å²) in [5, 5.41) is 13.2. The van der Waals surface area contributed by atoms with Crippen LogP contribution in [0.25, 0.3) is 11.0 Å². The van der Waals surface area contributed by atoms with Gasteiger partial charge in [-0.05, 0) is 95.5 Å². The minimum atomic E-state index is -2.61. The van der Waals surface area contributed by atoms with Crippen LogP contribution in [0.2, 0.25) is 0 Å². The van der Waals surface area contributed by atoms with Crippen LogP contribution in [0.3, 0.4) is 0 Å². The van der Waals surface area contributed by atoms with E-state index in [0.29, 0.717) is 42.2 Å². The predicted octanol–water partition coefficient (Wildman–Crippen LogP) is 5.53. The van der Waals surface area contributed by atoms with Gasteiger partial charge in [0.1, 0.15) is 17.9 Å². The quantitative estimate of drug-likeness (QED) is 0.291. The Morgan fingerprint density at radius 2 is 1.83 bits per heavy atom. The molecule has 0 radical (unpaired) electrons. The molecule has 2 saturated heterocycles. The highest BCUT2D eigenvalue weighted by atomic mass is 19.3. The lowest BCUT2D eigenvalue weighted by Gasteiger charge is -2.37. The number of amides is 2. The van der Waals surface area contributed by atoms with Gasteiger partial charge in [-0.2, -0.15) is 0 Å². The van der Waals surface area contributed by atoms with Gasteiger partial charge in [0.15, 0.2) is 0 Å². The van der Waals surface area contributed by atoms with E-state index in [1.807, 2.05) is 19.9 Å². The van der Waals surface area contributed by atoms with Crippen molar-refractivity contribution in [2.24, 2.45) is 11.8 Å². The first-order valence-electron chi connectivity index (χ1n) is 16.4. The standard InChI is InChI=1S/C30H40FN5O3.C4H5F2NO/c1-20-7-9-24(10-8-20)36-26-18-27(39-16-15-35-13-11-22(12-14-35)30(2,3)38)32-19-25(26)33-29(36)34-28(37)21-5-4-6-23(31)17-21;5-4(6)1-7(2-4)3-8/h4-6,17-20,22,24,38H,7-16H2,1-3H3,(H,33,34,37);3H,1-2H2. The number of nitrogens with zero attached hydrogens (tertiary/aromatic N) is 5. The molecule has 0 spiro atoms. The highest BCUT2D eigenvalue weighted by Gasteiger charge is 2.43. The second kappa shape index (κ2) is 14.6. The average Bonchev–Trinajstić information content (AvgIpc) is 3.37. The predicted molar refractivity (Wildman–Crippen MR) is 172 cm³/mol. The molecule has 2 amide bonds. The number of anilines is 1. The van der Waals surface area contributed by atoms with E-state index in [1.54, 1.807) is 12.3 Å². The summed E-state index contributed by atoms with van der Waals surface area (Å²) in [5.74, 6) is -1.47. The fraction of sp³-hybridized carbons (Fsp3) is 0.588. The van der Waals surface area contributed by atoms with Gasteiger partial charge in [0.25, 0.3) is 11.8 Å². The van der Waals surface area contributed by atoms with E-state index in [2.05, 4.69) is 26.7 Å². The second-order valence-electron chi connectivity index (χ2n) is 13.7. The Hall–Kier alpha value is -3.71. The lowest BCUT2D eigenvalue weighted by atomic mass is 9.83. The smallest absolute Gasteiger partial charge is 0.282 e. The van der Waals surface area contributed by atoms with Crippen LogP contribution < -0.4 is 10.1 Å². The molecule has 3 aliphatic rings. The summed E-state index contributed by atoms with van der Waals surface area (Å²) in [5.41, 5.74) is 1.18. The van der Waals surface area contributed by atoms with Gasteiger partial charge in [0.05, 0.1) is 30.4 Å². The molecule has 0 unspecified atom stereocenters. The lowest BCUT2D eigenvalue weighted by molar-refractivity contribution is -0.153. The molecule has 4 heterocycles. The van der Waals surface area contributed by atoms with E-state index < -0.39 is 36.3 Å². The molecular weight excluding hydrogens is 613 g/mol. The van der Waals surface area contributed by atoms with Gasteiger partial charge < -0.3 is 19.3 Å². The van der Waals surface area contributed by atoms with Gasteiger partial charge >= 0.3 is 0 Å². The molecule has 2 aromatic heterocycles. The molecule has 13 heteroatoms. The molecule has 2 N–H and O–H groups in total. The average molecular weight is 659 g/mol. The van der Waals surface area contributed by atoms with Crippen molar-refractivity contribution in [2.45, 2.75) is 76.9 Å². The van der Waals surface area contributed by atoms with Gasteiger partial charge in [0, 0.05) is 24.2 Å². The van der Waals surface area contributed by atoms with Gasteiger partial charge in [-0.1, -0.05) is 13.0 Å². The van der Waals surface area contributed by atoms with Crippen molar-refractivity contribution in [1.29, 1.82) is 0 Å². The Balaban J connectivity index is 0.000000474. The summed E-state index contributed by atoms with van der Waals surface area (Å²) < 4.78 is 45.5. The Labute approximate surface area is 273 Å². The number of alkyl halides is 2. The molecular formula is C34H45F3N6O4. The van der Waals surface area contributed by atoms with Crippen LogP contribution in [0.5, 0.6) is 5.88 Å². The van der Waals surface area contributed by atoms with Crippen molar-refractivity contribution < 1.29 is 32.6 Å². The maximum absolute atomic E-state index is 13.7. The Bertz CT molecular complexity index is 1520. The number of hydrogen-bond donors (Lipinski definition) is 2. The fourth-order valence-electron chi connectivity index (χ4n) is 6.59. The van der Waals surface area contributed by atoms with Crippen LogP contribution >= 0.6 is 0 Å². The van der Waals surface area contributed by atoms with E-state index >= 15 is 0 Å². The number of carbonyl (C=O) groups is 2. The number of carbonyl (C=O) groups excluding carboxylic acids is 2. The van der Waals surface area contributed by atoms with E-state index in [1.165, 1.54) is 18.2 Å². The zero-order valence-corrected chi connectivity index (χ0v) is 27.3. The lowest BCUT2D eigenvalue weighted by Crippen LogP contribution is -2.55. The summed E-state index contributed by atoms with van der Waals surface area (Å²) in [6.07, 6.45) is 8.30. The molecule has 47 heavy (non-hydrogen) atoms. The summed E-state index contributed by atoms with van der Waals surface area (Å²) in [7, 11) is 0. The van der Waals surface area contributed by atoms with E-state index in [9.17, 15) is 27.9 Å². The van der Waals surface area contributed by atoms with Crippen LogP contribution in [-0.2, 0) is 4.79 Å². The summed E-state index contributed by atoms with van der Waals surface area (Å²) in [6.45, 7) is 8.48. The number of ether oxygens (including phenoxy) is 1. The third kappa shape index (κ3) is 9.01. The third-order valence-electron chi connectivity index (χ3n) is 9.48. The number of fused-ring (bicyclic) bond motifs is 1. The maximum Gasteiger partial charge on any atom is 0.282 e. The Morgan fingerprint density at radius 3 is 2.43 bits per heavy atom. The zero-order valence-electron chi connectivity index (χ0n) is 27.3. The van der Waals surface area contributed by atoms with Crippen LogP contribution in [0.15, 0.2) is 36.5 Å². The van der Waals surface area contributed by atoms with Gasteiger partial charge in [-0.3, -0.25) is 19.8 Å². The van der Waals surface area contributed by atoms with Crippen LogP contribution in [0.1, 0.15) is 75.7 Å². The number of aliphatic hydroxyl groups is 1. The molecule has 3 aromatic rings. The summed E-state index contributed by atoms with van der Waals surface area (Å²) in [4.78, 5) is 35.2. The minimum absolute atomic E-state index is 0.196. The first kappa shape index (κ1) is 34.6. The number of hydrogen-bond acceptors (Lipinski definition) is 7. The zero-order chi connectivity index (χ0) is 33.8. The van der Waals surface area contributed by atoms with Crippen molar-refractivity contribution >= 4 is 29.3 Å². The number of piperidine rings is 1. The van der Waals surface area contributed by atoms with E-state index in [-0.39, 0.29) is 11.6 Å². The van der Waals surface area contributed by atoms with Gasteiger partial charge in [-0.15, -0.1) is 0 Å². The summed E-state index contributed by atoms with van der Waals surface area (Å²) in [6, 6.07) is 7.78. The first-order valence-corrected chi connectivity index (χ1v) is 16.4. The first-order chi connectivity index (χ1) is 22.3. The third-order valence-corrected chi connectivity index (χ3v) is 9.48. The number of likely N-dealkylation sites (tertiary alicyclic amines) is 2. The molecule has 256 valence electrons. The summed E-state index contributed by atoms with van der Waals surface area (Å²) >= 11 is 0. The molecule has 0 bridgehead atoms. The highest BCUT2D eigenvalue weighted by Crippen LogP contribution is 2.37. The van der Waals surface area contributed by atoms with Crippen molar-refractivity contribution in [1.82, 2.24) is 24.3 Å². The second-order valence-corrected chi connectivity index (χ2v) is 13.7. The fourth-order valence-corrected chi connectivity index (χ4v) is 6.59. The van der Waals surface area contributed by atoms with Crippen LogP contribution in [-0.4, -0.2) is 92.6 Å². The highest BCUT2D eigenvalue weighted by molar-refractivity contribution is 6.04. The van der Waals surface area contributed by atoms with E-state index in [0.717, 1.165) is 68.6 Å². The number of aromatic nitrogens is 3. The van der Waals surface area contributed by atoms with Crippen molar-refractivity contribution in [3.05, 3.63) is 47.9 Å². The van der Waals surface area contributed by atoms with Crippen LogP contribution in [0.4, 0.5) is 19.1 Å². The number of benzene rings is 1. The number of rotatable bonds is 9. The molecule has 10 nitrogen and oxygen atoms in total. The van der Waals surface area contributed by atoms with Crippen LogP contribution in [0, 0.1) is 17.7 Å². The minimum Gasteiger partial charge on any atom is -0.476 e. The Morgan fingerprint density at radius 1 is 1.13 bits per heavy atom. The monoisotopic (exact) mass is 658 g/mol. The molecule has 1 aliphatic carbocycles. The largest absolute Gasteiger partial charge is 0.476 e. The number of imidazole rings is 1. The normalized spacial score (nSPS) is 21.8. The molecule has 1 aromatic carbocycles. The van der Waals surface area contributed by atoms with Crippen molar-refractivity contribution in [2.75, 3.05) is 44.6 Å². The topological polar surface area (TPSA) is 113 Å². The van der Waals surface area contributed by atoms with E-state index in [4.69, 9.17) is 9.72 Å². The molecule has 0 atom stereocenters. The number of pyridine rings is 1. The molecule has 3 fully saturated rings. The number of nitrogens with one attached hydrogen (secondary N) is 1. The maximum atomic E-state index is 13.7. The Kier molecular flexibility index (Phi) is 10.7. The van der Waals surface area contributed by atoms with Gasteiger partial charge in [0.2, 0.25) is 18.2 Å². The molecule has 2 aliphatic heterocycles. The molecule has 6 rings (SSSR count). The van der Waals surface area contributed by atoms with Gasteiger partial charge in [-0.25, -0.2) is 23.1 Å². The van der Waals surface area contributed by atoms with Crippen molar-refractivity contribution in [3.8, 4) is 5.88 Å². The number of halogens is 3. The van der Waals surface area contributed by atoms with Crippen molar-refractivity contribution in [3.63, 3.8) is 0 Å².